The summed E-state index contributed by atoms with van der Waals surface area (Å²) in [5, 5.41) is 12.6. The van der Waals surface area contributed by atoms with Crippen LogP contribution >= 0.6 is 0 Å². The maximum absolute atomic E-state index is 9.43. The summed E-state index contributed by atoms with van der Waals surface area (Å²) >= 11 is 0. The minimum atomic E-state index is 0.493. The third kappa shape index (κ3) is 3.35. The second-order valence-electron chi connectivity index (χ2n) is 5.39. The molecule has 1 aromatic carbocycles. The summed E-state index contributed by atoms with van der Waals surface area (Å²) in [4.78, 5) is 8.83. The minimum absolute atomic E-state index is 0.493. The molecule has 0 aliphatic heterocycles. The van der Waals surface area contributed by atoms with E-state index in [2.05, 4.69) is 21.4 Å². The average molecular weight is 300 g/mol. The van der Waals surface area contributed by atoms with Gasteiger partial charge < -0.3 is 5.32 Å². The van der Waals surface area contributed by atoms with Gasteiger partial charge in [0.2, 0.25) is 0 Å². The van der Waals surface area contributed by atoms with Crippen molar-refractivity contribution in [3.63, 3.8) is 0 Å². The maximum atomic E-state index is 9.43. The highest BCUT2D eigenvalue weighted by Gasteiger charge is 2.08. The summed E-state index contributed by atoms with van der Waals surface area (Å²) in [5.41, 5.74) is 4.48. The van der Waals surface area contributed by atoms with Gasteiger partial charge in [0.05, 0.1) is 5.56 Å². The number of nitrogens with zero attached hydrogens (tertiary/aromatic N) is 3. The molecule has 4 heteroatoms. The summed E-state index contributed by atoms with van der Waals surface area (Å²) in [5.74, 6) is 1.21. The molecule has 112 valence electrons. The lowest BCUT2D eigenvalue weighted by Gasteiger charge is -2.10. The molecule has 3 rings (SSSR count). The van der Waals surface area contributed by atoms with Crippen molar-refractivity contribution in [1.29, 1.82) is 5.26 Å². The van der Waals surface area contributed by atoms with E-state index in [4.69, 9.17) is 0 Å². The Labute approximate surface area is 135 Å². The Balaban J connectivity index is 1.96. The first kappa shape index (κ1) is 14.7. The lowest BCUT2D eigenvalue weighted by Crippen LogP contribution is -2.00. The zero-order chi connectivity index (χ0) is 16.2. The number of anilines is 2. The van der Waals surface area contributed by atoms with E-state index >= 15 is 0 Å². The van der Waals surface area contributed by atoms with Crippen molar-refractivity contribution in [2.45, 2.75) is 13.8 Å². The van der Waals surface area contributed by atoms with E-state index in [1.54, 1.807) is 6.20 Å². The van der Waals surface area contributed by atoms with Gasteiger partial charge in [0.25, 0.3) is 0 Å². The average Bonchev–Trinajstić information content (AvgIpc) is 2.55. The highest BCUT2D eigenvalue weighted by molar-refractivity contribution is 5.69. The van der Waals surface area contributed by atoms with Crippen LogP contribution in [-0.4, -0.2) is 9.97 Å². The van der Waals surface area contributed by atoms with Crippen molar-refractivity contribution in [1.82, 2.24) is 9.97 Å². The molecule has 0 saturated carbocycles. The molecule has 0 atom stereocenters. The Hall–Kier alpha value is -3.19. The van der Waals surface area contributed by atoms with Gasteiger partial charge in [-0.2, -0.15) is 5.26 Å². The fraction of sp³-hybridized carbons (Fsp3) is 0.105. The Morgan fingerprint density at radius 3 is 2.48 bits per heavy atom. The zero-order valence-corrected chi connectivity index (χ0v) is 13.0. The number of hydrogen-bond donors (Lipinski definition) is 1. The molecule has 0 bridgehead atoms. The van der Waals surface area contributed by atoms with E-state index in [1.165, 1.54) is 0 Å². The van der Waals surface area contributed by atoms with Crippen molar-refractivity contribution < 1.29 is 0 Å². The molecule has 4 nitrogen and oxygen atoms in total. The molecule has 2 aromatic heterocycles. The van der Waals surface area contributed by atoms with Gasteiger partial charge in [-0.1, -0.05) is 30.3 Å². The predicted octanol–water partition coefficient (Wildman–Crippen LogP) is 4.38. The second kappa shape index (κ2) is 6.29. The molecule has 23 heavy (non-hydrogen) atoms. The van der Waals surface area contributed by atoms with Crippen LogP contribution in [0.5, 0.6) is 0 Å². The molecular weight excluding hydrogens is 284 g/mol. The van der Waals surface area contributed by atoms with Crippen LogP contribution in [0.25, 0.3) is 11.1 Å². The smallest absolute Gasteiger partial charge is 0.149 e. The van der Waals surface area contributed by atoms with Gasteiger partial charge in [0.1, 0.15) is 17.7 Å². The highest BCUT2D eigenvalue weighted by Crippen LogP contribution is 2.24. The van der Waals surface area contributed by atoms with E-state index < -0.39 is 0 Å². The van der Waals surface area contributed by atoms with Crippen molar-refractivity contribution in [2.24, 2.45) is 0 Å². The second-order valence-corrected chi connectivity index (χ2v) is 5.39. The van der Waals surface area contributed by atoms with Crippen LogP contribution < -0.4 is 5.32 Å². The Morgan fingerprint density at radius 2 is 1.78 bits per heavy atom. The Kier molecular flexibility index (Phi) is 4.03. The SMILES string of the molecule is Cc1cc(C)nc(Nc2ncc(-c3ccccc3)cc2C#N)c1. The third-order valence-corrected chi connectivity index (χ3v) is 3.46. The number of nitriles is 1. The van der Waals surface area contributed by atoms with Crippen molar-refractivity contribution in [2.75, 3.05) is 5.32 Å². The lowest BCUT2D eigenvalue weighted by molar-refractivity contribution is 1.16. The van der Waals surface area contributed by atoms with Crippen molar-refractivity contribution >= 4 is 11.6 Å². The molecule has 0 saturated heterocycles. The number of benzene rings is 1. The van der Waals surface area contributed by atoms with Gasteiger partial charge in [-0.15, -0.1) is 0 Å². The zero-order valence-electron chi connectivity index (χ0n) is 13.0. The first-order chi connectivity index (χ1) is 11.2. The normalized spacial score (nSPS) is 10.1. The summed E-state index contributed by atoms with van der Waals surface area (Å²) in [6, 6.07) is 17.9. The molecule has 0 spiro atoms. The summed E-state index contributed by atoms with van der Waals surface area (Å²) in [6.45, 7) is 3.95. The van der Waals surface area contributed by atoms with E-state index in [0.717, 1.165) is 22.4 Å². The fourth-order valence-electron chi connectivity index (χ4n) is 2.46. The van der Waals surface area contributed by atoms with Gasteiger partial charge >= 0.3 is 0 Å². The molecule has 0 amide bonds. The third-order valence-electron chi connectivity index (χ3n) is 3.46. The highest BCUT2D eigenvalue weighted by atomic mass is 15.1. The largest absolute Gasteiger partial charge is 0.324 e. The molecule has 0 fully saturated rings. The monoisotopic (exact) mass is 300 g/mol. The summed E-state index contributed by atoms with van der Waals surface area (Å²) in [6.07, 6.45) is 1.77. The van der Waals surface area contributed by atoms with Gasteiger partial charge in [-0.25, -0.2) is 9.97 Å². The molecule has 3 aromatic rings. The van der Waals surface area contributed by atoms with Crippen LogP contribution in [0.15, 0.2) is 54.7 Å². The van der Waals surface area contributed by atoms with E-state index in [1.807, 2.05) is 62.4 Å². The Morgan fingerprint density at radius 1 is 1.00 bits per heavy atom. The first-order valence-corrected chi connectivity index (χ1v) is 7.33. The number of pyridine rings is 2. The molecule has 1 N–H and O–H groups in total. The molecule has 0 unspecified atom stereocenters. The fourth-order valence-corrected chi connectivity index (χ4v) is 2.46. The summed E-state index contributed by atoms with van der Waals surface area (Å²) in [7, 11) is 0. The van der Waals surface area contributed by atoms with Crippen LogP contribution in [0.3, 0.4) is 0 Å². The number of hydrogen-bond acceptors (Lipinski definition) is 4. The van der Waals surface area contributed by atoms with Gasteiger partial charge in [0.15, 0.2) is 0 Å². The predicted molar refractivity (Wildman–Crippen MR) is 91.4 cm³/mol. The molecule has 0 radical (unpaired) electrons. The topological polar surface area (TPSA) is 61.6 Å². The van der Waals surface area contributed by atoms with Crippen molar-refractivity contribution in [3.05, 3.63) is 71.5 Å². The molecule has 2 heterocycles. The van der Waals surface area contributed by atoms with Gasteiger partial charge in [-0.3, -0.25) is 0 Å². The van der Waals surface area contributed by atoms with E-state index in [-0.39, 0.29) is 0 Å². The van der Waals surface area contributed by atoms with Crippen LogP contribution in [0, 0.1) is 25.2 Å². The first-order valence-electron chi connectivity index (χ1n) is 7.33. The number of rotatable bonds is 3. The van der Waals surface area contributed by atoms with Gasteiger partial charge in [0, 0.05) is 17.5 Å². The molecule has 0 aliphatic rings. The van der Waals surface area contributed by atoms with E-state index in [0.29, 0.717) is 17.2 Å². The lowest BCUT2D eigenvalue weighted by atomic mass is 10.1. The number of nitrogens with one attached hydrogen (secondary N) is 1. The minimum Gasteiger partial charge on any atom is -0.324 e. The summed E-state index contributed by atoms with van der Waals surface area (Å²) < 4.78 is 0. The van der Waals surface area contributed by atoms with Gasteiger partial charge in [-0.05, 0) is 43.2 Å². The van der Waals surface area contributed by atoms with Crippen LogP contribution in [0.2, 0.25) is 0 Å². The maximum Gasteiger partial charge on any atom is 0.149 e. The van der Waals surface area contributed by atoms with E-state index in [9.17, 15) is 5.26 Å². The molecule has 0 aliphatic carbocycles. The van der Waals surface area contributed by atoms with Crippen LogP contribution in [-0.2, 0) is 0 Å². The Bertz CT molecular complexity index is 859. The van der Waals surface area contributed by atoms with Crippen LogP contribution in [0.4, 0.5) is 11.6 Å². The quantitative estimate of drug-likeness (QED) is 0.780. The standard InChI is InChI=1S/C19H16N4/c1-13-8-14(2)22-18(9-13)23-19-16(11-20)10-17(12-21-19)15-6-4-3-5-7-15/h3-10,12H,1-2H3,(H,21,22,23). The number of aryl methyl sites for hydroxylation is 2. The van der Waals surface area contributed by atoms with Crippen molar-refractivity contribution in [3.8, 4) is 17.2 Å². The molecular formula is C19H16N4. The number of aromatic nitrogens is 2. The van der Waals surface area contributed by atoms with Crippen LogP contribution in [0.1, 0.15) is 16.8 Å².